The van der Waals surface area contributed by atoms with E-state index >= 15 is 0 Å². The van der Waals surface area contributed by atoms with Crippen LogP contribution in [0.2, 0.25) is 0 Å². The Kier molecular flexibility index (Phi) is 7.76. The van der Waals surface area contributed by atoms with Crippen molar-refractivity contribution in [2.45, 2.75) is 46.1 Å². The quantitative estimate of drug-likeness (QED) is 0.735. The molecule has 0 aliphatic rings. The van der Waals surface area contributed by atoms with Crippen molar-refractivity contribution >= 4 is 0 Å². The number of hydrogen-bond acceptors (Lipinski definition) is 2. The lowest BCUT2D eigenvalue weighted by Gasteiger charge is -2.25. The third-order valence-corrected chi connectivity index (χ3v) is 3.76. The van der Waals surface area contributed by atoms with Crippen LogP contribution in [0, 0.1) is 12.8 Å². The van der Waals surface area contributed by atoms with E-state index in [0.717, 1.165) is 26.0 Å². The summed E-state index contributed by atoms with van der Waals surface area (Å²) in [5.74, 6) is 0.657. The van der Waals surface area contributed by atoms with Gasteiger partial charge in [-0.25, -0.2) is 0 Å². The lowest BCUT2D eigenvalue weighted by Crippen LogP contribution is -2.35. The highest BCUT2D eigenvalue weighted by atomic mass is 16.5. The van der Waals surface area contributed by atoms with E-state index in [9.17, 15) is 0 Å². The van der Waals surface area contributed by atoms with Crippen molar-refractivity contribution in [3.8, 4) is 0 Å². The first kappa shape index (κ1) is 16.2. The number of benzene rings is 1. The molecule has 2 heteroatoms. The van der Waals surface area contributed by atoms with Crippen LogP contribution in [-0.4, -0.2) is 26.3 Å². The summed E-state index contributed by atoms with van der Waals surface area (Å²) in [7, 11) is 1.78. The molecule has 1 N–H and O–H groups in total. The second-order valence-electron chi connectivity index (χ2n) is 5.45. The summed E-state index contributed by atoms with van der Waals surface area (Å²) in [5.41, 5.74) is 2.80. The van der Waals surface area contributed by atoms with Gasteiger partial charge in [-0.05, 0) is 44.2 Å². The first-order valence-corrected chi connectivity index (χ1v) is 7.45. The van der Waals surface area contributed by atoms with Crippen LogP contribution < -0.4 is 5.32 Å². The average molecular weight is 263 g/mol. The van der Waals surface area contributed by atoms with Crippen molar-refractivity contribution < 1.29 is 4.74 Å². The minimum absolute atomic E-state index is 0.584. The summed E-state index contributed by atoms with van der Waals surface area (Å²) in [6, 6.07) is 9.42. The van der Waals surface area contributed by atoms with E-state index in [2.05, 4.69) is 50.4 Å². The second kappa shape index (κ2) is 9.11. The Morgan fingerprint density at radius 3 is 2.68 bits per heavy atom. The maximum absolute atomic E-state index is 5.19. The molecule has 1 rings (SSSR count). The second-order valence-corrected chi connectivity index (χ2v) is 5.45. The fourth-order valence-electron chi connectivity index (χ4n) is 2.54. The van der Waals surface area contributed by atoms with Gasteiger partial charge in [0.05, 0.1) is 0 Å². The number of aryl methyl sites for hydroxylation is 2. The number of hydrogen-bond donors (Lipinski definition) is 1. The molecule has 1 aromatic carbocycles. The van der Waals surface area contributed by atoms with E-state index in [1.807, 2.05) is 0 Å². The molecule has 0 saturated heterocycles. The third-order valence-electron chi connectivity index (χ3n) is 3.76. The third kappa shape index (κ3) is 6.22. The fraction of sp³-hybridized carbons (Fsp3) is 0.647. The molecule has 0 heterocycles. The predicted molar refractivity (Wildman–Crippen MR) is 82.6 cm³/mol. The van der Waals surface area contributed by atoms with Crippen LogP contribution in [0.5, 0.6) is 0 Å². The Labute approximate surface area is 118 Å². The number of methoxy groups -OCH3 is 1. The molecular formula is C17H29NO. The molecule has 1 aromatic rings. The van der Waals surface area contributed by atoms with Gasteiger partial charge in [0.15, 0.2) is 0 Å². The van der Waals surface area contributed by atoms with Gasteiger partial charge in [-0.1, -0.05) is 43.7 Å². The number of ether oxygens (including phenoxy) is 1. The van der Waals surface area contributed by atoms with Crippen molar-refractivity contribution in [3.63, 3.8) is 0 Å². The van der Waals surface area contributed by atoms with E-state index in [1.54, 1.807) is 7.11 Å². The van der Waals surface area contributed by atoms with Gasteiger partial charge < -0.3 is 10.1 Å². The molecule has 0 saturated carbocycles. The van der Waals surface area contributed by atoms with E-state index in [4.69, 9.17) is 4.74 Å². The first-order valence-electron chi connectivity index (χ1n) is 7.45. The zero-order valence-electron chi connectivity index (χ0n) is 12.9. The smallest absolute Gasteiger partial charge is 0.0465 e. The van der Waals surface area contributed by atoms with Gasteiger partial charge in [-0.3, -0.25) is 0 Å². The van der Waals surface area contributed by atoms with Crippen LogP contribution >= 0.6 is 0 Å². The first-order chi connectivity index (χ1) is 9.17. The van der Waals surface area contributed by atoms with Crippen molar-refractivity contribution in [2.24, 2.45) is 5.92 Å². The summed E-state index contributed by atoms with van der Waals surface area (Å²) >= 11 is 0. The minimum atomic E-state index is 0.584. The van der Waals surface area contributed by atoms with Gasteiger partial charge in [-0.15, -0.1) is 0 Å². The maximum Gasteiger partial charge on any atom is 0.0465 e. The Morgan fingerprint density at radius 1 is 1.26 bits per heavy atom. The fourth-order valence-corrected chi connectivity index (χ4v) is 2.54. The summed E-state index contributed by atoms with van der Waals surface area (Å²) in [5, 5.41) is 3.62. The van der Waals surface area contributed by atoms with Crippen molar-refractivity contribution in [3.05, 3.63) is 35.4 Å². The summed E-state index contributed by atoms with van der Waals surface area (Å²) < 4.78 is 5.19. The molecule has 2 nitrogen and oxygen atoms in total. The van der Waals surface area contributed by atoms with E-state index in [-0.39, 0.29) is 0 Å². The SMILES string of the molecule is CCNC(CCc1cccc(C)c1)C(C)CCOC. The monoisotopic (exact) mass is 263 g/mol. The number of nitrogens with one attached hydrogen (secondary N) is 1. The maximum atomic E-state index is 5.19. The van der Waals surface area contributed by atoms with Crippen LogP contribution in [0.1, 0.15) is 37.8 Å². The Bertz CT molecular complexity index is 351. The zero-order valence-corrected chi connectivity index (χ0v) is 12.9. The van der Waals surface area contributed by atoms with Gasteiger partial charge >= 0.3 is 0 Å². The van der Waals surface area contributed by atoms with E-state index in [0.29, 0.717) is 12.0 Å². The summed E-state index contributed by atoms with van der Waals surface area (Å²) in [6.45, 7) is 8.56. The van der Waals surface area contributed by atoms with Crippen molar-refractivity contribution in [1.82, 2.24) is 5.32 Å². The molecule has 0 fully saturated rings. The van der Waals surface area contributed by atoms with E-state index < -0.39 is 0 Å². The highest BCUT2D eigenvalue weighted by Gasteiger charge is 2.15. The van der Waals surface area contributed by atoms with Crippen LogP contribution in [0.3, 0.4) is 0 Å². The van der Waals surface area contributed by atoms with Gasteiger partial charge in [0.1, 0.15) is 0 Å². The highest BCUT2D eigenvalue weighted by molar-refractivity contribution is 5.22. The van der Waals surface area contributed by atoms with Crippen LogP contribution in [0.15, 0.2) is 24.3 Å². The normalized spacial score (nSPS) is 14.3. The Balaban J connectivity index is 2.48. The van der Waals surface area contributed by atoms with Crippen LogP contribution in [-0.2, 0) is 11.2 Å². The Hall–Kier alpha value is -0.860. The molecule has 0 aliphatic heterocycles. The molecule has 0 amide bonds. The molecule has 0 spiro atoms. The number of rotatable bonds is 9. The van der Waals surface area contributed by atoms with Crippen LogP contribution in [0.4, 0.5) is 0 Å². The minimum Gasteiger partial charge on any atom is -0.385 e. The lowest BCUT2D eigenvalue weighted by atomic mass is 9.92. The molecule has 0 bridgehead atoms. The predicted octanol–water partition coefficient (Wildman–Crippen LogP) is 3.58. The molecule has 2 atom stereocenters. The van der Waals surface area contributed by atoms with Gasteiger partial charge in [0, 0.05) is 19.8 Å². The van der Waals surface area contributed by atoms with Crippen LogP contribution in [0.25, 0.3) is 0 Å². The molecule has 0 aliphatic carbocycles. The summed E-state index contributed by atoms with van der Waals surface area (Å²) in [6.07, 6.45) is 3.47. The highest BCUT2D eigenvalue weighted by Crippen LogP contribution is 2.15. The van der Waals surface area contributed by atoms with E-state index in [1.165, 1.54) is 17.5 Å². The van der Waals surface area contributed by atoms with Crippen molar-refractivity contribution in [2.75, 3.05) is 20.3 Å². The average Bonchev–Trinajstić information content (AvgIpc) is 2.41. The Morgan fingerprint density at radius 2 is 2.05 bits per heavy atom. The molecule has 19 heavy (non-hydrogen) atoms. The van der Waals surface area contributed by atoms with Gasteiger partial charge in [0.2, 0.25) is 0 Å². The molecular weight excluding hydrogens is 234 g/mol. The zero-order chi connectivity index (χ0) is 14.1. The van der Waals surface area contributed by atoms with Gasteiger partial charge in [-0.2, -0.15) is 0 Å². The summed E-state index contributed by atoms with van der Waals surface area (Å²) in [4.78, 5) is 0. The molecule has 0 radical (unpaired) electrons. The standard InChI is InChI=1S/C17H29NO/c1-5-18-17(15(3)11-12-19-4)10-9-16-8-6-7-14(2)13-16/h6-8,13,15,17-18H,5,9-12H2,1-4H3. The molecule has 0 aromatic heterocycles. The molecule has 2 unspecified atom stereocenters. The lowest BCUT2D eigenvalue weighted by molar-refractivity contribution is 0.169. The topological polar surface area (TPSA) is 21.3 Å². The van der Waals surface area contributed by atoms with Gasteiger partial charge in [0.25, 0.3) is 0 Å². The largest absolute Gasteiger partial charge is 0.385 e. The van der Waals surface area contributed by atoms with Crippen molar-refractivity contribution in [1.29, 1.82) is 0 Å². The molecule has 108 valence electrons.